The maximum absolute atomic E-state index is 6.38. The van der Waals surface area contributed by atoms with Crippen molar-refractivity contribution in [1.29, 1.82) is 0 Å². The van der Waals surface area contributed by atoms with Crippen molar-refractivity contribution < 1.29 is 4.42 Å². The molecule has 1 aromatic heterocycles. The normalized spacial score (nSPS) is 11.5. The molecule has 2 heteroatoms. The molecule has 0 saturated heterocycles. The molecule has 0 unspecified atom stereocenters. The molecule has 46 heavy (non-hydrogen) atoms. The first kappa shape index (κ1) is 26.3. The Balaban J connectivity index is 1.21. The van der Waals surface area contributed by atoms with Gasteiger partial charge in [0.05, 0.1) is 5.69 Å². The fraction of sp³-hybridized carbons (Fsp3) is 0. The molecule has 9 aromatic rings. The topological polar surface area (TPSA) is 16.4 Å². The van der Waals surface area contributed by atoms with E-state index in [-0.39, 0.29) is 0 Å². The van der Waals surface area contributed by atoms with Gasteiger partial charge in [0, 0.05) is 33.1 Å². The minimum Gasteiger partial charge on any atom is -0.455 e. The first-order chi connectivity index (χ1) is 22.8. The number of anilines is 3. The number of rotatable bonds is 5. The molecule has 0 aliphatic heterocycles. The monoisotopic (exact) mass is 587 g/mol. The molecular weight excluding hydrogens is 558 g/mol. The highest BCUT2D eigenvalue weighted by molar-refractivity contribution is 6.09. The standard InChI is InChI=1S/C44H29NO/c1-3-17-36-30(11-1)13-8-20-37(36)33-15-7-16-35(29-33)45(42-23-9-14-31-12-2-4-18-38(31)42)34-27-25-32(26-28-34)39-21-10-22-41-40-19-5-6-24-43(40)46-44(39)41/h1-29H. The molecule has 0 fully saturated rings. The van der Waals surface area contributed by atoms with Gasteiger partial charge in [0.1, 0.15) is 11.2 Å². The third-order valence-electron chi connectivity index (χ3n) is 9.05. The van der Waals surface area contributed by atoms with Gasteiger partial charge in [-0.15, -0.1) is 0 Å². The van der Waals surface area contributed by atoms with Gasteiger partial charge in [-0.3, -0.25) is 0 Å². The molecule has 216 valence electrons. The molecule has 1 heterocycles. The molecule has 0 radical (unpaired) electrons. The summed E-state index contributed by atoms with van der Waals surface area (Å²) in [7, 11) is 0. The molecule has 0 amide bonds. The third kappa shape index (κ3) is 4.35. The predicted octanol–water partition coefficient (Wildman–Crippen LogP) is 12.7. The molecule has 0 N–H and O–H groups in total. The lowest BCUT2D eigenvalue weighted by Crippen LogP contribution is -2.10. The Hall–Kier alpha value is -6.12. The van der Waals surface area contributed by atoms with Crippen molar-refractivity contribution in [2.45, 2.75) is 0 Å². The number of hydrogen-bond donors (Lipinski definition) is 0. The minimum atomic E-state index is 0.912. The number of benzene rings is 8. The van der Waals surface area contributed by atoms with Gasteiger partial charge in [-0.2, -0.15) is 0 Å². The Morgan fingerprint density at radius 1 is 0.370 bits per heavy atom. The van der Waals surface area contributed by atoms with Gasteiger partial charge in [-0.05, 0) is 69.2 Å². The summed E-state index contributed by atoms with van der Waals surface area (Å²) in [5.41, 5.74) is 9.80. The summed E-state index contributed by atoms with van der Waals surface area (Å²) in [6.45, 7) is 0. The van der Waals surface area contributed by atoms with E-state index in [0.717, 1.165) is 50.1 Å². The third-order valence-corrected chi connectivity index (χ3v) is 9.05. The largest absolute Gasteiger partial charge is 0.455 e. The molecule has 0 aliphatic rings. The molecule has 9 rings (SSSR count). The highest BCUT2D eigenvalue weighted by Gasteiger charge is 2.18. The van der Waals surface area contributed by atoms with E-state index in [1.807, 2.05) is 12.1 Å². The molecule has 0 saturated carbocycles. The van der Waals surface area contributed by atoms with E-state index < -0.39 is 0 Å². The lowest BCUT2D eigenvalue weighted by atomic mass is 9.97. The lowest BCUT2D eigenvalue weighted by molar-refractivity contribution is 0.670. The summed E-state index contributed by atoms with van der Waals surface area (Å²) < 4.78 is 6.38. The maximum atomic E-state index is 6.38. The fourth-order valence-electron chi connectivity index (χ4n) is 6.88. The van der Waals surface area contributed by atoms with Gasteiger partial charge >= 0.3 is 0 Å². The molecule has 0 atom stereocenters. The van der Waals surface area contributed by atoms with Crippen LogP contribution in [0, 0.1) is 0 Å². The van der Waals surface area contributed by atoms with Crippen LogP contribution in [0.5, 0.6) is 0 Å². The average molecular weight is 588 g/mol. The number of furan rings is 1. The van der Waals surface area contributed by atoms with Gasteiger partial charge in [0.2, 0.25) is 0 Å². The van der Waals surface area contributed by atoms with Crippen molar-refractivity contribution in [2.75, 3.05) is 4.90 Å². The van der Waals surface area contributed by atoms with Gasteiger partial charge in [0.15, 0.2) is 0 Å². The summed E-state index contributed by atoms with van der Waals surface area (Å²) in [5.74, 6) is 0. The second kappa shape index (κ2) is 10.8. The second-order valence-electron chi connectivity index (χ2n) is 11.7. The van der Waals surface area contributed by atoms with E-state index in [2.05, 4.69) is 169 Å². The smallest absolute Gasteiger partial charge is 0.143 e. The number of nitrogens with zero attached hydrogens (tertiary/aromatic N) is 1. The van der Waals surface area contributed by atoms with Crippen LogP contribution in [-0.2, 0) is 0 Å². The second-order valence-corrected chi connectivity index (χ2v) is 11.7. The highest BCUT2D eigenvalue weighted by atomic mass is 16.3. The predicted molar refractivity (Wildman–Crippen MR) is 194 cm³/mol. The molecule has 0 aliphatic carbocycles. The van der Waals surface area contributed by atoms with Gasteiger partial charge in [0.25, 0.3) is 0 Å². The van der Waals surface area contributed by atoms with Gasteiger partial charge < -0.3 is 9.32 Å². The van der Waals surface area contributed by atoms with Crippen LogP contribution in [0.25, 0.3) is 65.7 Å². The zero-order valence-electron chi connectivity index (χ0n) is 25.1. The Kier molecular flexibility index (Phi) is 6.17. The van der Waals surface area contributed by atoms with E-state index in [1.54, 1.807) is 0 Å². The molecule has 0 spiro atoms. The minimum absolute atomic E-state index is 0.912. The molecular formula is C44H29NO. The Morgan fingerprint density at radius 2 is 0.978 bits per heavy atom. The average Bonchev–Trinajstić information content (AvgIpc) is 3.51. The Bertz CT molecular complexity index is 2530. The van der Waals surface area contributed by atoms with E-state index in [1.165, 1.54) is 32.7 Å². The molecule has 8 aromatic carbocycles. The number of fused-ring (bicyclic) bond motifs is 5. The molecule has 2 nitrogen and oxygen atoms in total. The van der Waals surface area contributed by atoms with Crippen LogP contribution in [0.4, 0.5) is 17.1 Å². The van der Waals surface area contributed by atoms with E-state index in [9.17, 15) is 0 Å². The number of hydrogen-bond acceptors (Lipinski definition) is 2. The SMILES string of the molecule is c1cc(-c2cccc3ccccc23)cc(N(c2ccc(-c3cccc4c3oc3ccccc34)cc2)c2cccc3ccccc23)c1. The zero-order chi connectivity index (χ0) is 30.5. The van der Waals surface area contributed by atoms with Crippen LogP contribution < -0.4 is 4.90 Å². The van der Waals surface area contributed by atoms with Crippen molar-refractivity contribution in [3.8, 4) is 22.3 Å². The summed E-state index contributed by atoms with van der Waals surface area (Å²) in [6.07, 6.45) is 0. The maximum Gasteiger partial charge on any atom is 0.143 e. The highest BCUT2D eigenvalue weighted by Crippen LogP contribution is 2.42. The van der Waals surface area contributed by atoms with Crippen LogP contribution >= 0.6 is 0 Å². The van der Waals surface area contributed by atoms with E-state index in [4.69, 9.17) is 4.42 Å². The van der Waals surface area contributed by atoms with E-state index in [0.29, 0.717) is 0 Å². The summed E-state index contributed by atoms with van der Waals surface area (Å²) in [4.78, 5) is 2.38. The van der Waals surface area contributed by atoms with Crippen molar-refractivity contribution in [1.82, 2.24) is 0 Å². The summed E-state index contributed by atoms with van der Waals surface area (Å²) >= 11 is 0. The quantitative estimate of drug-likeness (QED) is 0.199. The summed E-state index contributed by atoms with van der Waals surface area (Å²) in [5, 5.41) is 7.19. The van der Waals surface area contributed by atoms with Crippen molar-refractivity contribution in [3.05, 3.63) is 176 Å². The van der Waals surface area contributed by atoms with Crippen LogP contribution in [-0.4, -0.2) is 0 Å². The Morgan fingerprint density at radius 3 is 1.83 bits per heavy atom. The zero-order valence-corrected chi connectivity index (χ0v) is 25.1. The Labute approximate surface area is 267 Å². The van der Waals surface area contributed by atoms with Crippen LogP contribution in [0.15, 0.2) is 180 Å². The van der Waals surface area contributed by atoms with E-state index >= 15 is 0 Å². The lowest BCUT2D eigenvalue weighted by Gasteiger charge is -2.27. The van der Waals surface area contributed by atoms with Crippen molar-refractivity contribution in [2.24, 2.45) is 0 Å². The van der Waals surface area contributed by atoms with Crippen LogP contribution in [0.2, 0.25) is 0 Å². The number of para-hydroxylation sites is 2. The molecule has 0 bridgehead atoms. The van der Waals surface area contributed by atoms with Crippen molar-refractivity contribution >= 4 is 60.5 Å². The van der Waals surface area contributed by atoms with Gasteiger partial charge in [-0.1, -0.05) is 140 Å². The summed E-state index contributed by atoms with van der Waals surface area (Å²) in [6, 6.07) is 62.8. The fourth-order valence-corrected chi connectivity index (χ4v) is 6.88. The van der Waals surface area contributed by atoms with Gasteiger partial charge in [-0.25, -0.2) is 0 Å². The van der Waals surface area contributed by atoms with Crippen molar-refractivity contribution in [3.63, 3.8) is 0 Å². The first-order valence-electron chi connectivity index (χ1n) is 15.7. The first-order valence-corrected chi connectivity index (χ1v) is 15.7. The van der Waals surface area contributed by atoms with Crippen LogP contribution in [0.3, 0.4) is 0 Å². The van der Waals surface area contributed by atoms with Crippen LogP contribution in [0.1, 0.15) is 0 Å².